The molecule has 0 bridgehead atoms. The van der Waals surface area contributed by atoms with Crippen LogP contribution in [0, 0.1) is 0 Å². The minimum atomic E-state index is -0.517. The average molecular weight is 412 g/mol. The Balaban J connectivity index is 1.69. The number of carbonyl (C=O) groups is 4. The van der Waals surface area contributed by atoms with Crippen molar-refractivity contribution in [3.05, 3.63) is 54.1 Å². The molecule has 0 atom stereocenters. The Morgan fingerprint density at radius 1 is 1.07 bits per heavy atom. The summed E-state index contributed by atoms with van der Waals surface area (Å²) >= 11 is 1.44. The number of hydrogen-bond donors (Lipinski definition) is 3. The van der Waals surface area contributed by atoms with E-state index < -0.39 is 17.7 Å². The van der Waals surface area contributed by atoms with Gasteiger partial charge in [0.1, 0.15) is 6.54 Å². The summed E-state index contributed by atoms with van der Waals surface area (Å²) in [5.41, 5.74) is 6.34. The second-order valence-corrected chi connectivity index (χ2v) is 7.32. The van der Waals surface area contributed by atoms with Crippen LogP contribution < -0.4 is 21.3 Å². The van der Waals surface area contributed by atoms with Crippen molar-refractivity contribution in [2.45, 2.75) is 11.3 Å². The van der Waals surface area contributed by atoms with Crippen LogP contribution in [0.15, 0.2) is 53.4 Å². The van der Waals surface area contributed by atoms with Gasteiger partial charge in [0.05, 0.1) is 22.7 Å². The number of nitrogens with zero attached hydrogens (tertiary/aromatic N) is 1. The van der Waals surface area contributed by atoms with Gasteiger partial charge in [0.15, 0.2) is 0 Å². The maximum Gasteiger partial charge on any atom is 0.253 e. The first-order valence-electron chi connectivity index (χ1n) is 8.93. The van der Waals surface area contributed by atoms with E-state index in [0.29, 0.717) is 11.4 Å². The maximum atomic E-state index is 12.6. The third-order valence-electron chi connectivity index (χ3n) is 4.21. The number of primary amides is 1. The van der Waals surface area contributed by atoms with Crippen LogP contribution in [0.2, 0.25) is 0 Å². The number of anilines is 2. The smallest absolute Gasteiger partial charge is 0.253 e. The Morgan fingerprint density at radius 2 is 1.79 bits per heavy atom. The Hall–Kier alpha value is -3.33. The first kappa shape index (κ1) is 20.4. The quantitative estimate of drug-likeness (QED) is 0.634. The second kappa shape index (κ2) is 9.24. The minimum absolute atomic E-state index is 0.0226. The van der Waals surface area contributed by atoms with Crippen molar-refractivity contribution < 1.29 is 19.2 Å². The van der Waals surface area contributed by atoms with Gasteiger partial charge < -0.3 is 21.3 Å². The summed E-state index contributed by atoms with van der Waals surface area (Å²) in [7, 11) is 0. The number of para-hydroxylation sites is 2. The van der Waals surface area contributed by atoms with E-state index in [1.54, 1.807) is 30.3 Å². The van der Waals surface area contributed by atoms with Crippen molar-refractivity contribution in [1.29, 1.82) is 0 Å². The molecule has 0 saturated carbocycles. The molecule has 9 heteroatoms. The van der Waals surface area contributed by atoms with Gasteiger partial charge >= 0.3 is 0 Å². The highest BCUT2D eigenvalue weighted by atomic mass is 32.2. The molecule has 3 rings (SSSR count). The van der Waals surface area contributed by atoms with E-state index in [0.717, 1.165) is 4.90 Å². The Morgan fingerprint density at radius 3 is 2.59 bits per heavy atom. The van der Waals surface area contributed by atoms with Crippen LogP contribution in [-0.4, -0.2) is 42.5 Å². The third kappa shape index (κ3) is 5.14. The Labute approximate surface area is 171 Å². The monoisotopic (exact) mass is 412 g/mol. The standard InChI is InChI=1S/C20H20N4O4S/c21-17(25)9-10-22-20(28)13-5-1-2-6-14(13)23-18(26)11-24-15-7-3-4-8-16(15)29-12-19(24)27/h1-8H,9-12H2,(H2,21,25)(H,22,28)(H,23,26). The molecule has 2 aromatic carbocycles. The number of nitrogens with two attached hydrogens (primary N) is 1. The molecule has 8 nitrogen and oxygen atoms in total. The van der Waals surface area contributed by atoms with Gasteiger partial charge in [-0.15, -0.1) is 11.8 Å². The van der Waals surface area contributed by atoms with Crippen LogP contribution in [0.4, 0.5) is 11.4 Å². The van der Waals surface area contributed by atoms with Crippen molar-refractivity contribution in [1.82, 2.24) is 5.32 Å². The van der Waals surface area contributed by atoms with E-state index in [1.807, 2.05) is 18.2 Å². The lowest BCUT2D eigenvalue weighted by molar-refractivity contribution is -0.120. The molecule has 0 spiro atoms. The lowest BCUT2D eigenvalue weighted by Crippen LogP contribution is -2.41. The van der Waals surface area contributed by atoms with Crippen molar-refractivity contribution in [2.24, 2.45) is 5.73 Å². The summed E-state index contributed by atoms with van der Waals surface area (Å²) in [4.78, 5) is 50.5. The molecule has 2 aromatic rings. The number of benzene rings is 2. The highest BCUT2D eigenvalue weighted by Crippen LogP contribution is 2.34. The average Bonchev–Trinajstić information content (AvgIpc) is 2.70. The zero-order chi connectivity index (χ0) is 20.8. The number of amides is 4. The highest BCUT2D eigenvalue weighted by Gasteiger charge is 2.26. The van der Waals surface area contributed by atoms with Gasteiger partial charge in [-0.2, -0.15) is 0 Å². The van der Waals surface area contributed by atoms with Crippen LogP contribution in [-0.2, 0) is 14.4 Å². The molecule has 150 valence electrons. The molecule has 4 N–H and O–H groups in total. The molecule has 0 aliphatic carbocycles. The molecule has 1 aliphatic heterocycles. The van der Waals surface area contributed by atoms with Gasteiger partial charge in [0.2, 0.25) is 17.7 Å². The molecule has 0 unspecified atom stereocenters. The fourth-order valence-corrected chi connectivity index (χ4v) is 3.78. The van der Waals surface area contributed by atoms with Crippen LogP contribution in [0.3, 0.4) is 0 Å². The van der Waals surface area contributed by atoms with E-state index in [-0.39, 0.29) is 36.7 Å². The summed E-state index contributed by atoms with van der Waals surface area (Å²) in [6.45, 7) is -0.0544. The van der Waals surface area contributed by atoms with Gasteiger partial charge in [0.25, 0.3) is 5.91 Å². The van der Waals surface area contributed by atoms with E-state index in [4.69, 9.17) is 5.73 Å². The van der Waals surface area contributed by atoms with E-state index in [2.05, 4.69) is 10.6 Å². The molecule has 0 aromatic heterocycles. The number of rotatable bonds is 7. The SMILES string of the molecule is NC(=O)CCNC(=O)c1ccccc1NC(=O)CN1C(=O)CSc2ccccc21. The molecule has 1 heterocycles. The van der Waals surface area contributed by atoms with Crippen LogP contribution in [0.25, 0.3) is 0 Å². The normalized spacial score (nSPS) is 12.8. The number of thioether (sulfide) groups is 1. The van der Waals surface area contributed by atoms with Gasteiger partial charge in [-0.25, -0.2) is 0 Å². The summed E-state index contributed by atoms with van der Waals surface area (Å²) in [5.74, 6) is -1.25. The van der Waals surface area contributed by atoms with Crippen LogP contribution in [0.5, 0.6) is 0 Å². The predicted octanol–water partition coefficient (Wildman–Crippen LogP) is 1.37. The highest BCUT2D eigenvalue weighted by molar-refractivity contribution is 8.00. The molecule has 0 saturated heterocycles. The first-order valence-corrected chi connectivity index (χ1v) is 9.92. The van der Waals surface area contributed by atoms with E-state index in [1.165, 1.54) is 16.7 Å². The van der Waals surface area contributed by atoms with Crippen molar-refractivity contribution >= 4 is 46.8 Å². The largest absolute Gasteiger partial charge is 0.370 e. The zero-order valence-electron chi connectivity index (χ0n) is 15.5. The first-order chi connectivity index (χ1) is 14.0. The lowest BCUT2D eigenvalue weighted by Gasteiger charge is -2.28. The third-order valence-corrected chi connectivity index (χ3v) is 5.26. The fraction of sp³-hybridized carbons (Fsp3) is 0.200. The van der Waals surface area contributed by atoms with Gasteiger partial charge in [-0.1, -0.05) is 24.3 Å². The molecule has 4 amide bonds. The number of carbonyl (C=O) groups excluding carboxylic acids is 4. The molecule has 0 radical (unpaired) electrons. The van der Waals surface area contributed by atoms with Crippen molar-refractivity contribution in [2.75, 3.05) is 29.1 Å². The summed E-state index contributed by atoms with van der Waals surface area (Å²) in [6.07, 6.45) is 0.0226. The zero-order valence-corrected chi connectivity index (χ0v) is 16.3. The summed E-state index contributed by atoms with van der Waals surface area (Å²) < 4.78 is 0. The topological polar surface area (TPSA) is 122 Å². The Bertz CT molecular complexity index is 963. The minimum Gasteiger partial charge on any atom is -0.370 e. The van der Waals surface area contributed by atoms with Gasteiger partial charge in [-0.05, 0) is 24.3 Å². The Kier molecular flexibility index (Phi) is 6.50. The molecular formula is C20H20N4O4S. The molecule has 0 fully saturated rings. The molecule has 1 aliphatic rings. The summed E-state index contributed by atoms with van der Waals surface area (Å²) in [6, 6.07) is 13.9. The predicted molar refractivity (Wildman–Crippen MR) is 111 cm³/mol. The van der Waals surface area contributed by atoms with Crippen molar-refractivity contribution in [3.8, 4) is 0 Å². The van der Waals surface area contributed by atoms with Crippen LogP contribution >= 0.6 is 11.8 Å². The maximum absolute atomic E-state index is 12.6. The second-order valence-electron chi connectivity index (χ2n) is 6.30. The fourth-order valence-electron chi connectivity index (χ4n) is 2.85. The molecule has 29 heavy (non-hydrogen) atoms. The van der Waals surface area contributed by atoms with E-state index >= 15 is 0 Å². The summed E-state index contributed by atoms with van der Waals surface area (Å²) in [5, 5.41) is 5.28. The number of fused-ring (bicyclic) bond motifs is 1. The van der Waals surface area contributed by atoms with Gasteiger partial charge in [0, 0.05) is 17.9 Å². The van der Waals surface area contributed by atoms with E-state index in [9.17, 15) is 19.2 Å². The van der Waals surface area contributed by atoms with Gasteiger partial charge in [-0.3, -0.25) is 19.2 Å². The number of hydrogen-bond acceptors (Lipinski definition) is 5. The molecular weight excluding hydrogens is 392 g/mol. The lowest BCUT2D eigenvalue weighted by atomic mass is 10.1. The van der Waals surface area contributed by atoms with Crippen molar-refractivity contribution in [3.63, 3.8) is 0 Å². The van der Waals surface area contributed by atoms with Crippen LogP contribution in [0.1, 0.15) is 16.8 Å². The number of nitrogens with one attached hydrogen (secondary N) is 2.